The minimum absolute atomic E-state index is 0.214. The van der Waals surface area contributed by atoms with Crippen LogP contribution in [0.15, 0.2) is 36.7 Å². The molecule has 3 rings (SSSR count). The van der Waals surface area contributed by atoms with Gasteiger partial charge in [0.25, 0.3) is 5.91 Å². The summed E-state index contributed by atoms with van der Waals surface area (Å²) in [5.41, 5.74) is 1.37. The fraction of sp³-hybridized carbons (Fsp3) is 0.389. The lowest BCUT2D eigenvalue weighted by atomic mass is 10.2. The minimum Gasteiger partial charge on any atom is -0.477 e. The number of carbonyl (C=O) groups excluding carboxylic acids is 1. The third-order valence-electron chi connectivity index (χ3n) is 3.89. The highest BCUT2D eigenvalue weighted by molar-refractivity contribution is 5.96. The lowest BCUT2D eigenvalue weighted by molar-refractivity contribution is 0.0946. The molecule has 0 radical (unpaired) electrons. The number of hydrogen-bond donors (Lipinski definition) is 1. The molecule has 7 nitrogen and oxygen atoms in total. The van der Waals surface area contributed by atoms with E-state index in [2.05, 4.69) is 20.2 Å². The van der Waals surface area contributed by atoms with E-state index in [1.807, 2.05) is 19.1 Å². The zero-order chi connectivity index (χ0) is 17.5. The van der Waals surface area contributed by atoms with E-state index in [9.17, 15) is 4.79 Å². The van der Waals surface area contributed by atoms with E-state index in [1.165, 1.54) is 0 Å². The highest BCUT2D eigenvalue weighted by Crippen LogP contribution is 2.15. The molecule has 2 aromatic heterocycles. The largest absolute Gasteiger partial charge is 0.477 e. The van der Waals surface area contributed by atoms with Crippen molar-refractivity contribution in [2.75, 3.05) is 37.8 Å². The first-order chi connectivity index (χ1) is 12.3. The maximum Gasteiger partial charge on any atom is 0.257 e. The van der Waals surface area contributed by atoms with E-state index >= 15 is 0 Å². The maximum atomic E-state index is 12.4. The number of rotatable bonds is 6. The highest BCUT2D eigenvalue weighted by Gasteiger charge is 2.14. The molecule has 0 aromatic carbocycles. The van der Waals surface area contributed by atoms with Crippen LogP contribution in [0.3, 0.4) is 0 Å². The van der Waals surface area contributed by atoms with Gasteiger partial charge in [-0.05, 0) is 30.7 Å². The van der Waals surface area contributed by atoms with Gasteiger partial charge in [-0.15, -0.1) is 0 Å². The Hall–Kier alpha value is -2.67. The molecule has 1 amide bonds. The third-order valence-corrected chi connectivity index (χ3v) is 3.89. The van der Waals surface area contributed by atoms with Gasteiger partial charge in [-0.1, -0.05) is 6.07 Å². The number of anilines is 1. The van der Waals surface area contributed by atoms with Crippen molar-refractivity contribution >= 4 is 11.7 Å². The summed E-state index contributed by atoms with van der Waals surface area (Å²) < 4.78 is 10.7. The van der Waals surface area contributed by atoms with Crippen LogP contribution in [0.4, 0.5) is 5.82 Å². The second-order valence-corrected chi connectivity index (χ2v) is 5.60. The van der Waals surface area contributed by atoms with E-state index in [-0.39, 0.29) is 5.91 Å². The summed E-state index contributed by atoms with van der Waals surface area (Å²) >= 11 is 0. The molecule has 1 aliphatic heterocycles. The highest BCUT2D eigenvalue weighted by atomic mass is 16.5. The van der Waals surface area contributed by atoms with Crippen molar-refractivity contribution in [3.05, 3.63) is 47.8 Å². The van der Waals surface area contributed by atoms with Crippen LogP contribution in [0.5, 0.6) is 5.88 Å². The van der Waals surface area contributed by atoms with E-state index < -0.39 is 0 Å². The smallest absolute Gasteiger partial charge is 0.257 e. The minimum atomic E-state index is -0.214. The molecule has 1 fully saturated rings. The number of carbonyl (C=O) groups is 1. The average Bonchev–Trinajstić information content (AvgIpc) is 2.68. The fourth-order valence-electron chi connectivity index (χ4n) is 2.59. The van der Waals surface area contributed by atoms with Gasteiger partial charge >= 0.3 is 0 Å². The van der Waals surface area contributed by atoms with Crippen LogP contribution < -0.4 is 15.0 Å². The van der Waals surface area contributed by atoms with Gasteiger partial charge in [0.2, 0.25) is 5.88 Å². The Kier molecular flexibility index (Phi) is 5.79. The van der Waals surface area contributed by atoms with Crippen molar-refractivity contribution in [2.24, 2.45) is 0 Å². The standard InChI is InChI=1S/C18H22N4O3/c1-2-25-18-15(4-3-7-19-18)17(23)21-13-14-5-6-16(20-12-14)22-8-10-24-11-9-22/h3-7,12H,2,8-11,13H2,1H3,(H,21,23). The van der Waals surface area contributed by atoms with Crippen molar-refractivity contribution < 1.29 is 14.3 Å². The number of aromatic nitrogens is 2. The molecular weight excluding hydrogens is 320 g/mol. The van der Waals surface area contributed by atoms with Crippen LogP contribution in [0.25, 0.3) is 0 Å². The van der Waals surface area contributed by atoms with Crippen LogP contribution in [0.2, 0.25) is 0 Å². The number of ether oxygens (including phenoxy) is 2. The average molecular weight is 342 g/mol. The van der Waals surface area contributed by atoms with E-state index in [0.717, 1.165) is 37.7 Å². The SMILES string of the molecule is CCOc1ncccc1C(=O)NCc1ccc(N2CCOCC2)nc1. The number of pyridine rings is 2. The second kappa shape index (κ2) is 8.43. The summed E-state index contributed by atoms with van der Waals surface area (Å²) in [4.78, 5) is 23.1. The Morgan fingerprint density at radius 3 is 2.84 bits per heavy atom. The summed E-state index contributed by atoms with van der Waals surface area (Å²) in [6, 6.07) is 7.37. The fourth-order valence-corrected chi connectivity index (χ4v) is 2.59. The Labute approximate surface area is 147 Å². The lowest BCUT2D eigenvalue weighted by Gasteiger charge is -2.27. The monoisotopic (exact) mass is 342 g/mol. The number of nitrogens with one attached hydrogen (secondary N) is 1. The topological polar surface area (TPSA) is 76.6 Å². The lowest BCUT2D eigenvalue weighted by Crippen LogP contribution is -2.36. The molecule has 25 heavy (non-hydrogen) atoms. The zero-order valence-electron chi connectivity index (χ0n) is 14.3. The van der Waals surface area contributed by atoms with Crippen LogP contribution in [0, 0.1) is 0 Å². The molecule has 0 saturated carbocycles. The van der Waals surface area contributed by atoms with Crippen LogP contribution in [0.1, 0.15) is 22.8 Å². The number of hydrogen-bond acceptors (Lipinski definition) is 6. The Balaban J connectivity index is 1.59. The molecular formula is C18H22N4O3. The van der Waals surface area contributed by atoms with E-state index in [4.69, 9.17) is 9.47 Å². The Morgan fingerprint density at radius 1 is 1.28 bits per heavy atom. The van der Waals surface area contributed by atoms with Crippen molar-refractivity contribution in [1.82, 2.24) is 15.3 Å². The zero-order valence-corrected chi connectivity index (χ0v) is 14.3. The third kappa shape index (κ3) is 4.45. The van der Waals surface area contributed by atoms with Gasteiger partial charge in [0, 0.05) is 32.0 Å². The van der Waals surface area contributed by atoms with Gasteiger partial charge in [0.15, 0.2) is 0 Å². The summed E-state index contributed by atoms with van der Waals surface area (Å²) in [5, 5.41) is 2.88. The Morgan fingerprint density at radius 2 is 2.12 bits per heavy atom. The van der Waals surface area contributed by atoms with Crippen LogP contribution in [-0.2, 0) is 11.3 Å². The molecule has 132 valence electrons. The van der Waals surface area contributed by atoms with Gasteiger partial charge in [0.1, 0.15) is 11.4 Å². The first-order valence-corrected chi connectivity index (χ1v) is 8.41. The summed E-state index contributed by atoms with van der Waals surface area (Å²) in [6.07, 6.45) is 3.40. The maximum absolute atomic E-state index is 12.4. The first kappa shape index (κ1) is 17.2. The molecule has 7 heteroatoms. The van der Waals surface area contributed by atoms with Crippen molar-refractivity contribution in [3.8, 4) is 5.88 Å². The predicted molar refractivity (Wildman–Crippen MR) is 93.8 cm³/mol. The summed E-state index contributed by atoms with van der Waals surface area (Å²) in [6.45, 7) is 5.88. The van der Waals surface area contributed by atoms with E-state index in [0.29, 0.717) is 24.6 Å². The quantitative estimate of drug-likeness (QED) is 0.860. The number of morpholine rings is 1. The molecule has 0 aliphatic carbocycles. The van der Waals surface area contributed by atoms with Gasteiger partial charge in [0.05, 0.1) is 19.8 Å². The predicted octanol–water partition coefficient (Wildman–Crippen LogP) is 1.64. The van der Waals surface area contributed by atoms with Crippen LogP contribution >= 0.6 is 0 Å². The molecule has 3 heterocycles. The van der Waals surface area contributed by atoms with Gasteiger partial charge in [-0.2, -0.15) is 0 Å². The molecule has 0 unspecified atom stereocenters. The number of nitrogens with zero attached hydrogens (tertiary/aromatic N) is 3. The molecule has 0 bridgehead atoms. The molecule has 1 saturated heterocycles. The van der Waals surface area contributed by atoms with Crippen molar-refractivity contribution in [3.63, 3.8) is 0 Å². The molecule has 0 spiro atoms. The van der Waals surface area contributed by atoms with Gasteiger partial charge in [-0.3, -0.25) is 4.79 Å². The van der Waals surface area contributed by atoms with Gasteiger partial charge in [-0.25, -0.2) is 9.97 Å². The summed E-state index contributed by atoms with van der Waals surface area (Å²) in [7, 11) is 0. The van der Waals surface area contributed by atoms with E-state index in [1.54, 1.807) is 24.5 Å². The van der Waals surface area contributed by atoms with Crippen molar-refractivity contribution in [1.29, 1.82) is 0 Å². The van der Waals surface area contributed by atoms with Gasteiger partial charge < -0.3 is 19.7 Å². The molecule has 0 atom stereocenters. The number of amides is 1. The van der Waals surface area contributed by atoms with Crippen LogP contribution in [-0.4, -0.2) is 48.8 Å². The first-order valence-electron chi connectivity index (χ1n) is 8.41. The molecule has 1 aliphatic rings. The normalized spacial score (nSPS) is 14.2. The molecule has 2 aromatic rings. The Bertz CT molecular complexity index is 700. The summed E-state index contributed by atoms with van der Waals surface area (Å²) in [5.74, 6) is 1.07. The molecule has 1 N–H and O–H groups in total. The second-order valence-electron chi connectivity index (χ2n) is 5.60. The van der Waals surface area contributed by atoms with Crippen molar-refractivity contribution in [2.45, 2.75) is 13.5 Å².